The predicted molar refractivity (Wildman–Crippen MR) is 107 cm³/mol. The normalized spacial score (nSPS) is 17.1. The van der Waals surface area contributed by atoms with Crippen LogP contribution in [0.15, 0.2) is 22.9 Å². The number of hydrogen-bond donors (Lipinski definition) is 0. The first-order valence-electron chi connectivity index (χ1n) is 9.43. The van der Waals surface area contributed by atoms with Crippen molar-refractivity contribution in [3.63, 3.8) is 0 Å². The number of pyridine rings is 1. The van der Waals surface area contributed by atoms with Gasteiger partial charge in [0, 0.05) is 18.3 Å². The Bertz CT molecular complexity index is 765. The van der Waals surface area contributed by atoms with Gasteiger partial charge >= 0.3 is 11.9 Å². The molecule has 1 aliphatic heterocycles. The molecule has 2 atom stereocenters. The molecule has 158 valence electrons. The van der Waals surface area contributed by atoms with Gasteiger partial charge in [-0.3, -0.25) is 14.4 Å². The molecule has 0 aromatic carbocycles. The van der Waals surface area contributed by atoms with E-state index in [4.69, 9.17) is 4.74 Å². The third kappa shape index (κ3) is 6.09. The maximum Gasteiger partial charge on any atom is 0.329 e. The molecule has 1 unspecified atom stereocenters. The highest BCUT2D eigenvalue weighted by atomic mass is 79.9. The lowest BCUT2D eigenvalue weighted by Crippen LogP contribution is -2.46. The molecule has 0 saturated carbocycles. The molecule has 0 radical (unpaired) electrons. The maximum atomic E-state index is 13.0. The van der Waals surface area contributed by atoms with E-state index in [0.29, 0.717) is 29.6 Å². The van der Waals surface area contributed by atoms with Crippen LogP contribution < -0.4 is 0 Å². The monoisotopic (exact) mass is 468 g/mol. The number of methoxy groups -OCH3 is 1. The molecule has 0 aliphatic carbocycles. The minimum absolute atomic E-state index is 0.0413. The summed E-state index contributed by atoms with van der Waals surface area (Å²) in [6.07, 6.45) is 2.47. The van der Waals surface area contributed by atoms with E-state index in [1.54, 1.807) is 12.1 Å². The van der Waals surface area contributed by atoms with Gasteiger partial charge in [-0.05, 0) is 46.8 Å². The Labute approximate surface area is 178 Å². The second-order valence-electron chi connectivity index (χ2n) is 7.22. The van der Waals surface area contributed by atoms with Crippen LogP contribution in [0.1, 0.15) is 43.5 Å². The number of amides is 1. The van der Waals surface area contributed by atoms with Crippen LogP contribution in [0.2, 0.25) is 0 Å². The Kier molecular flexibility index (Phi) is 8.31. The van der Waals surface area contributed by atoms with Crippen molar-refractivity contribution in [1.82, 2.24) is 9.88 Å². The average molecular weight is 469 g/mol. The maximum absolute atomic E-state index is 13.0. The number of esters is 2. The molecule has 1 saturated heterocycles. The number of likely N-dealkylation sites (tertiary alicyclic amines) is 1. The number of halogens is 1. The molecule has 1 aliphatic rings. The topological polar surface area (TPSA) is 103 Å². The van der Waals surface area contributed by atoms with Crippen LogP contribution in [-0.2, 0) is 23.9 Å². The molecule has 2 rings (SSSR count). The average Bonchev–Trinajstić information content (AvgIpc) is 3.19. The summed E-state index contributed by atoms with van der Waals surface area (Å²) in [6, 6.07) is 2.45. The summed E-state index contributed by atoms with van der Waals surface area (Å²) in [5.41, 5.74) is 0.332. The lowest BCUT2D eigenvalue weighted by Gasteiger charge is -2.29. The number of Topliss-reactive ketones (excluding diaryl/α,β-unsaturated/α-hetero) is 1. The number of nitrogens with zero attached hydrogens (tertiary/aromatic N) is 2. The van der Waals surface area contributed by atoms with Gasteiger partial charge in [0.15, 0.2) is 6.61 Å². The summed E-state index contributed by atoms with van der Waals surface area (Å²) in [7, 11) is 1.28. The van der Waals surface area contributed by atoms with Crippen LogP contribution in [-0.4, -0.2) is 59.8 Å². The van der Waals surface area contributed by atoms with Crippen molar-refractivity contribution in [3.8, 4) is 0 Å². The lowest BCUT2D eigenvalue weighted by molar-refractivity contribution is -0.155. The Morgan fingerprint density at radius 1 is 1.28 bits per heavy atom. The third-order valence-electron chi connectivity index (χ3n) is 4.94. The molecule has 9 heteroatoms. The molecule has 1 aromatic heterocycles. The fraction of sp³-hybridized carbons (Fsp3) is 0.550. The SMILES string of the molecule is COC(=O)C[C@H](C(=O)N1CCCC1C(=O)OCC(=O)c1ccc(Br)nc1)C(C)C. The Morgan fingerprint density at radius 3 is 2.59 bits per heavy atom. The molecule has 1 amide bonds. The first-order chi connectivity index (χ1) is 13.7. The number of ketones is 1. The molecule has 0 N–H and O–H groups in total. The summed E-state index contributed by atoms with van der Waals surface area (Å²) < 4.78 is 10.5. The van der Waals surface area contributed by atoms with Crippen LogP contribution in [0.25, 0.3) is 0 Å². The van der Waals surface area contributed by atoms with Gasteiger partial charge in [-0.1, -0.05) is 13.8 Å². The van der Waals surface area contributed by atoms with E-state index in [1.807, 2.05) is 13.8 Å². The van der Waals surface area contributed by atoms with Gasteiger partial charge in [-0.15, -0.1) is 0 Å². The largest absolute Gasteiger partial charge is 0.469 e. The summed E-state index contributed by atoms with van der Waals surface area (Å²) >= 11 is 3.19. The molecule has 0 spiro atoms. The van der Waals surface area contributed by atoms with Crippen molar-refractivity contribution in [2.75, 3.05) is 20.3 Å². The van der Waals surface area contributed by atoms with Gasteiger partial charge in [0.05, 0.1) is 19.4 Å². The highest BCUT2D eigenvalue weighted by Crippen LogP contribution is 2.26. The standard InChI is InChI=1S/C20H25BrN2O6/c1-12(2)14(9-18(25)28-3)19(26)23-8-4-5-15(23)20(27)29-11-16(24)13-6-7-17(21)22-10-13/h6-7,10,12,14-15H,4-5,8-9,11H2,1-3H3/t14-,15?/m0/s1. The Hall–Kier alpha value is -2.29. The summed E-state index contributed by atoms with van der Waals surface area (Å²) in [5.74, 6) is -2.40. The van der Waals surface area contributed by atoms with Crippen LogP contribution in [0, 0.1) is 11.8 Å². The van der Waals surface area contributed by atoms with E-state index < -0.39 is 30.5 Å². The number of aromatic nitrogens is 1. The Balaban J connectivity index is 2.00. The fourth-order valence-corrected chi connectivity index (χ4v) is 3.45. The number of carbonyl (C=O) groups is 4. The van der Waals surface area contributed by atoms with Crippen molar-refractivity contribution in [2.45, 2.75) is 39.2 Å². The van der Waals surface area contributed by atoms with E-state index in [0.717, 1.165) is 0 Å². The molecule has 0 bridgehead atoms. The van der Waals surface area contributed by atoms with Crippen molar-refractivity contribution in [3.05, 3.63) is 28.5 Å². The molecule has 1 aromatic rings. The summed E-state index contributed by atoms with van der Waals surface area (Å²) in [5, 5.41) is 0. The quantitative estimate of drug-likeness (QED) is 0.327. The van der Waals surface area contributed by atoms with Gasteiger partial charge in [0.1, 0.15) is 10.6 Å². The molecule has 1 fully saturated rings. The van der Waals surface area contributed by atoms with Gasteiger partial charge in [-0.25, -0.2) is 9.78 Å². The number of ether oxygens (including phenoxy) is 2. The fourth-order valence-electron chi connectivity index (χ4n) is 3.22. The van der Waals surface area contributed by atoms with E-state index in [2.05, 4.69) is 25.7 Å². The zero-order valence-corrected chi connectivity index (χ0v) is 18.3. The molecule has 2 heterocycles. The first-order valence-corrected chi connectivity index (χ1v) is 10.2. The second kappa shape index (κ2) is 10.5. The van der Waals surface area contributed by atoms with E-state index in [-0.39, 0.29) is 24.0 Å². The van der Waals surface area contributed by atoms with Crippen molar-refractivity contribution in [1.29, 1.82) is 0 Å². The molecular weight excluding hydrogens is 444 g/mol. The van der Waals surface area contributed by atoms with Gasteiger partial charge in [-0.2, -0.15) is 0 Å². The van der Waals surface area contributed by atoms with Gasteiger partial charge < -0.3 is 14.4 Å². The van der Waals surface area contributed by atoms with E-state index in [1.165, 1.54) is 18.2 Å². The van der Waals surface area contributed by atoms with E-state index in [9.17, 15) is 19.2 Å². The zero-order valence-electron chi connectivity index (χ0n) is 16.7. The summed E-state index contributed by atoms with van der Waals surface area (Å²) in [4.78, 5) is 54.8. The zero-order chi connectivity index (χ0) is 21.6. The molecule has 8 nitrogen and oxygen atoms in total. The molecule has 29 heavy (non-hydrogen) atoms. The number of rotatable bonds is 8. The van der Waals surface area contributed by atoms with Crippen LogP contribution in [0.4, 0.5) is 0 Å². The number of carbonyl (C=O) groups excluding carboxylic acids is 4. The van der Waals surface area contributed by atoms with Gasteiger partial charge in [0.2, 0.25) is 11.7 Å². The number of hydrogen-bond acceptors (Lipinski definition) is 7. The van der Waals surface area contributed by atoms with E-state index >= 15 is 0 Å². The predicted octanol–water partition coefficient (Wildman–Crippen LogP) is 2.40. The highest BCUT2D eigenvalue weighted by Gasteiger charge is 2.39. The van der Waals surface area contributed by atoms with Crippen molar-refractivity contribution >= 4 is 39.6 Å². The van der Waals surface area contributed by atoms with Crippen LogP contribution >= 0.6 is 15.9 Å². The van der Waals surface area contributed by atoms with Crippen LogP contribution in [0.3, 0.4) is 0 Å². The van der Waals surface area contributed by atoms with Crippen molar-refractivity contribution in [2.24, 2.45) is 11.8 Å². The lowest BCUT2D eigenvalue weighted by atomic mass is 9.91. The van der Waals surface area contributed by atoms with Crippen molar-refractivity contribution < 1.29 is 28.7 Å². The van der Waals surface area contributed by atoms with Gasteiger partial charge in [0.25, 0.3) is 0 Å². The first kappa shape index (κ1) is 23.0. The Morgan fingerprint density at radius 2 is 2.00 bits per heavy atom. The molecular formula is C20H25BrN2O6. The van der Waals surface area contributed by atoms with Crippen LogP contribution in [0.5, 0.6) is 0 Å². The second-order valence-corrected chi connectivity index (χ2v) is 8.03. The minimum atomic E-state index is -0.753. The highest BCUT2D eigenvalue weighted by molar-refractivity contribution is 9.10. The summed E-state index contributed by atoms with van der Waals surface area (Å²) in [6.45, 7) is 3.68. The smallest absolute Gasteiger partial charge is 0.329 e. The third-order valence-corrected chi connectivity index (χ3v) is 5.41. The minimum Gasteiger partial charge on any atom is -0.469 e.